The Morgan fingerprint density at radius 2 is 1.83 bits per heavy atom. The van der Waals surface area contributed by atoms with E-state index in [0.717, 1.165) is 25.7 Å². The molecule has 6 atom stereocenters. The number of carbonyl (C=O) groups is 1. The lowest BCUT2D eigenvalue weighted by Crippen LogP contribution is -2.54. The first-order valence-corrected chi connectivity index (χ1v) is 9.44. The van der Waals surface area contributed by atoms with Gasteiger partial charge in [0.2, 0.25) is 0 Å². The molecule has 0 saturated heterocycles. The number of Topliss-reactive ketones (excluding diaryl/α,β-unsaturated/α-hetero) is 1. The standard InChI is InChI=1S/C20H34O3/c1-18(2,3)23-17-9-7-14-13-6-8-16(22)20(5,12-21)15(13)10-11-19(14,17)4/h13-15,17,21H,6-12H2,1-5H3/t13?,14?,15?,17?,19-,20+/m0/s1. The maximum Gasteiger partial charge on any atom is 0.141 e. The van der Waals surface area contributed by atoms with E-state index >= 15 is 0 Å². The van der Waals surface area contributed by atoms with Crippen LogP contribution in [0.2, 0.25) is 0 Å². The minimum atomic E-state index is -0.507. The molecule has 3 heteroatoms. The van der Waals surface area contributed by atoms with Crippen molar-refractivity contribution in [3.63, 3.8) is 0 Å². The normalized spacial score (nSPS) is 47.3. The summed E-state index contributed by atoms with van der Waals surface area (Å²) in [6.07, 6.45) is 6.55. The van der Waals surface area contributed by atoms with Crippen LogP contribution in [0.1, 0.15) is 73.1 Å². The van der Waals surface area contributed by atoms with Crippen LogP contribution in [0.5, 0.6) is 0 Å². The highest BCUT2D eigenvalue weighted by Gasteiger charge is 2.60. The van der Waals surface area contributed by atoms with Crippen LogP contribution in [0.15, 0.2) is 0 Å². The van der Waals surface area contributed by atoms with Crippen LogP contribution in [-0.2, 0) is 9.53 Å². The Morgan fingerprint density at radius 1 is 1.13 bits per heavy atom. The van der Waals surface area contributed by atoms with Crippen LogP contribution in [0.3, 0.4) is 0 Å². The second kappa shape index (κ2) is 5.56. The second-order valence-corrected chi connectivity index (χ2v) is 9.75. The van der Waals surface area contributed by atoms with E-state index in [1.807, 2.05) is 6.92 Å². The Morgan fingerprint density at radius 3 is 2.43 bits per heavy atom. The Bertz CT molecular complexity index is 480. The maximum atomic E-state index is 12.4. The molecule has 0 amide bonds. The van der Waals surface area contributed by atoms with Gasteiger partial charge in [0.25, 0.3) is 0 Å². The number of rotatable bonds is 2. The Hall–Kier alpha value is -0.410. The van der Waals surface area contributed by atoms with Crippen LogP contribution in [0, 0.1) is 28.6 Å². The van der Waals surface area contributed by atoms with Crippen LogP contribution in [0.25, 0.3) is 0 Å². The van der Waals surface area contributed by atoms with Gasteiger partial charge in [-0.2, -0.15) is 0 Å². The molecule has 0 radical (unpaired) electrons. The van der Waals surface area contributed by atoms with Crippen molar-refractivity contribution in [2.75, 3.05) is 6.61 Å². The molecule has 3 fully saturated rings. The molecule has 0 spiro atoms. The van der Waals surface area contributed by atoms with Crippen LogP contribution in [-0.4, -0.2) is 29.2 Å². The molecule has 0 aromatic heterocycles. The first-order chi connectivity index (χ1) is 10.6. The van der Waals surface area contributed by atoms with Gasteiger partial charge in [0.15, 0.2) is 0 Å². The fourth-order valence-electron chi connectivity index (χ4n) is 6.05. The molecule has 3 aliphatic carbocycles. The van der Waals surface area contributed by atoms with Crippen molar-refractivity contribution in [1.29, 1.82) is 0 Å². The van der Waals surface area contributed by atoms with Crippen molar-refractivity contribution >= 4 is 5.78 Å². The number of ether oxygens (including phenoxy) is 1. The van der Waals surface area contributed by atoms with Crippen LogP contribution in [0.4, 0.5) is 0 Å². The zero-order valence-electron chi connectivity index (χ0n) is 15.5. The van der Waals surface area contributed by atoms with Gasteiger partial charge in [0.05, 0.1) is 23.7 Å². The van der Waals surface area contributed by atoms with Crippen LogP contribution >= 0.6 is 0 Å². The van der Waals surface area contributed by atoms with Gasteiger partial charge in [0.1, 0.15) is 5.78 Å². The summed E-state index contributed by atoms with van der Waals surface area (Å²) in [5.74, 6) is 1.87. The molecule has 0 aliphatic heterocycles. The SMILES string of the molecule is CC(C)(C)OC1CCC2C3CCC(=O)[C@](C)(CO)C3CC[C@]12C. The third-order valence-electron chi connectivity index (χ3n) is 7.33. The molecule has 3 nitrogen and oxygen atoms in total. The first-order valence-electron chi connectivity index (χ1n) is 9.44. The quantitative estimate of drug-likeness (QED) is 0.836. The molecule has 23 heavy (non-hydrogen) atoms. The second-order valence-electron chi connectivity index (χ2n) is 9.75. The lowest BCUT2D eigenvalue weighted by atomic mass is 9.50. The molecule has 3 rings (SSSR count). The van der Waals surface area contributed by atoms with Crippen molar-refractivity contribution in [3.8, 4) is 0 Å². The molecule has 0 bridgehead atoms. The molecule has 0 aromatic carbocycles. The largest absolute Gasteiger partial charge is 0.395 e. The number of hydrogen-bond donors (Lipinski definition) is 1. The number of carbonyl (C=O) groups excluding carboxylic acids is 1. The Kier molecular flexibility index (Phi) is 4.21. The summed E-state index contributed by atoms with van der Waals surface area (Å²) in [6.45, 7) is 10.9. The van der Waals surface area contributed by atoms with E-state index in [9.17, 15) is 9.90 Å². The lowest BCUT2D eigenvalue weighted by molar-refractivity contribution is -0.160. The van der Waals surface area contributed by atoms with E-state index in [4.69, 9.17) is 4.74 Å². The predicted molar refractivity (Wildman–Crippen MR) is 91.1 cm³/mol. The number of aliphatic hydroxyl groups excluding tert-OH is 1. The summed E-state index contributed by atoms with van der Waals surface area (Å²) in [6, 6.07) is 0. The lowest BCUT2D eigenvalue weighted by Gasteiger charge is -2.55. The van der Waals surface area contributed by atoms with E-state index in [2.05, 4.69) is 27.7 Å². The number of aliphatic hydroxyl groups is 1. The fraction of sp³-hybridized carbons (Fsp3) is 0.950. The van der Waals surface area contributed by atoms with Crippen molar-refractivity contribution in [2.45, 2.75) is 84.8 Å². The van der Waals surface area contributed by atoms with Crippen molar-refractivity contribution in [2.24, 2.45) is 28.6 Å². The summed E-state index contributed by atoms with van der Waals surface area (Å²) in [7, 11) is 0. The van der Waals surface area contributed by atoms with Crippen molar-refractivity contribution in [1.82, 2.24) is 0 Å². The van der Waals surface area contributed by atoms with E-state index in [1.165, 1.54) is 6.42 Å². The summed E-state index contributed by atoms with van der Waals surface area (Å²) >= 11 is 0. The topological polar surface area (TPSA) is 46.5 Å². The minimum absolute atomic E-state index is 0.0123. The molecular formula is C20H34O3. The summed E-state index contributed by atoms with van der Waals surface area (Å²) < 4.78 is 6.43. The fourth-order valence-corrected chi connectivity index (χ4v) is 6.05. The zero-order chi connectivity index (χ0) is 17.0. The summed E-state index contributed by atoms with van der Waals surface area (Å²) in [5.41, 5.74) is -0.361. The van der Waals surface area contributed by atoms with Gasteiger partial charge in [-0.05, 0) is 76.0 Å². The highest BCUT2D eigenvalue weighted by Crippen LogP contribution is 2.62. The highest BCUT2D eigenvalue weighted by molar-refractivity contribution is 5.85. The average molecular weight is 322 g/mol. The monoisotopic (exact) mass is 322 g/mol. The van der Waals surface area contributed by atoms with Gasteiger partial charge in [-0.25, -0.2) is 0 Å². The smallest absolute Gasteiger partial charge is 0.141 e. The molecule has 0 aromatic rings. The van der Waals surface area contributed by atoms with Gasteiger partial charge < -0.3 is 9.84 Å². The first kappa shape index (κ1) is 17.4. The van der Waals surface area contributed by atoms with Gasteiger partial charge in [0, 0.05) is 6.42 Å². The zero-order valence-corrected chi connectivity index (χ0v) is 15.5. The third-order valence-corrected chi connectivity index (χ3v) is 7.33. The molecular weight excluding hydrogens is 288 g/mol. The third kappa shape index (κ3) is 2.68. The van der Waals surface area contributed by atoms with E-state index < -0.39 is 5.41 Å². The molecule has 1 N–H and O–H groups in total. The van der Waals surface area contributed by atoms with Crippen molar-refractivity contribution < 1.29 is 14.6 Å². The van der Waals surface area contributed by atoms with Crippen LogP contribution < -0.4 is 0 Å². The minimum Gasteiger partial charge on any atom is -0.395 e. The number of fused-ring (bicyclic) bond motifs is 3. The summed E-state index contributed by atoms with van der Waals surface area (Å²) in [4.78, 5) is 12.4. The van der Waals surface area contributed by atoms with Gasteiger partial charge in [-0.3, -0.25) is 4.79 Å². The van der Waals surface area contributed by atoms with Gasteiger partial charge in [-0.15, -0.1) is 0 Å². The van der Waals surface area contributed by atoms with Crippen molar-refractivity contribution in [3.05, 3.63) is 0 Å². The van der Waals surface area contributed by atoms with E-state index in [0.29, 0.717) is 30.3 Å². The van der Waals surface area contributed by atoms with Gasteiger partial charge in [-0.1, -0.05) is 13.8 Å². The maximum absolute atomic E-state index is 12.4. The number of hydrogen-bond acceptors (Lipinski definition) is 3. The molecule has 3 saturated carbocycles. The average Bonchev–Trinajstić information content (AvgIpc) is 2.78. The van der Waals surface area contributed by atoms with Gasteiger partial charge >= 0.3 is 0 Å². The number of ketones is 1. The molecule has 0 heterocycles. The Labute approximate surface area is 141 Å². The van der Waals surface area contributed by atoms with E-state index in [1.54, 1.807) is 0 Å². The molecule has 132 valence electrons. The van der Waals surface area contributed by atoms with E-state index in [-0.39, 0.29) is 23.4 Å². The predicted octanol–water partition coefficient (Wildman–Crippen LogP) is 3.97. The Balaban J connectivity index is 1.85. The summed E-state index contributed by atoms with van der Waals surface area (Å²) in [5, 5.41) is 9.92. The highest BCUT2D eigenvalue weighted by atomic mass is 16.5. The molecule has 4 unspecified atom stereocenters. The molecule has 3 aliphatic rings.